The van der Waals surface area contributed by atoms with Crippen molar-refractivity contribution < 1.29 is 32.2 Å². The highest BCUT2D eigenvalue weighted by Crippen LogP contribution is 2.25. The molecule has 3 N–H and O–H groups in total. The lowest BCUT2D eigenvalue weighted by atomic mass is 10.1. The maximum Gasteiger partial charge on any atom is 0.446 e. The first-order valence-corrected chi connectivity index (χ1v) is 7.62. The van der Waals surface area contributed by atoms with E-state index in [0.29, 0.717) is 5.56 Å². The number of hydrogen-bond donors (Lipinski definition) is 3. The van der Waals surface area contributed by atoms with Crippen molar-refractivity contribution in [2.45, 2.75) is 0 Å². The summed E-state index contributed by atoms with van der Waals surface area (Å²) in [5.41, 5.74) is 0.602. The third kappa shape index (κ3) is 4.83. The summed E-state index contributed by atoms with van der Waals surface area (Å²) in [7, 11) is -4.71. The number of benzene rings is 2. The molecule has 0 unspecified atom stereocenters. The normalized spacial score (nSPS) is 11.5. The van der Waals surface area contributed by atoms with E-state index in [9.17, 15) is 18.3 Å². The Morgan fingerprint density at radius 2 is 1.70 bits per heavy atom. The maximum absolute atomic E-state index is 12.0. The van der Waals surface area contributed by atoms with Crippen LogP contribution in [0.15, 0.2) is 48.5 Å². The standard InChI is InChI=1S/C15H12O7S/c16-11-4-1-10(2-5-11)3-8-14(17)13-7-6-12(9-15(13)18)22-23(19,20)21/h1-9,16,18H,(H,19,20,21)/b8-3+. The molecule has 0 heterocycles. The van der Waals surface area contributed by atoms with Crippen molar-refractivity contribution in [3.05, 3.63) is 59.7 Å². The van der Waals surface area contributed by atoms with E-state index >= 15 is 0 Å². The van der Waals surface area contributed by atoms with E-state index in [0.717, 1.165) is 12.1 Å². The third-order valence-corrected chi connectivity index (χ3v) is 3.16. The Hall–Kier alpha value is -2.84. The lowest BCUT2D eigenvalue weighted by molar-refractivity contribution is 0.104. The number of carbonyl (C=O) groups excluding carboxylic acids is 1. The third-order valence-electron chi connectivity index (χ3n) is 2.76. The van der Waals surface area contributed by atoms with E-state index in [4.69, 9.17) is 9.66 Å². The van der Waals surface area contributed by atoms with E-state index < -0.39 is 21.9 Å². The van der Waals surface area contributed by atoms with Crippen molar-refractivity contribution in [2.75, 3.05) is 0 Å². The van der Waals surface area contributed by atoms with E-state index in [1.54, 1.807) is 12.1 Å². The van der Waals surface area contributed by atoms with Gasteiger partial charge in [0.15, 0.2) is 5.78 Å². The van der Waals surface area contributed by atoms with Gasteiger partial charge in [-0.2, -0.15) is 8.42 Å². The Balaban J connectivity index is 2.18. The summed E-state index contributed by atoms with van der Waals surface area (Å²) < 4.78 is 33.9. The van der Waals surface area contributed by atoms with Crippen LogP contribution in [0.1, 0.15) is 15.9 Å². The van der Waals surface area contributed by atoms with Gasteiger partial charge in [-0.25, -0.2) is 0 Å². The molecule has 0 aliphatic rings. The molecule has 2 aromatic carbocycles. The molecule has 0 saturated carbocycles. The monoisotopic (exact) mass is 336 g/mol. The fourth-order valence-corrected chi connectivity index (χ4v) is 2.09. The number of phenolic OH excluding ortho intramolecular Hbond substituents is 2. The summed E-state index contributed by atoms with van der Waals surface area (Å²) in [5.74, 6) is -1.25. The minimum atomic E-state index is -4.71. The number of carbonyl (C=O) groups is 1. The average molecular weight is 336 g/mol. The Labute approximate surface area is 132 Å². The maximum atomic E-state index is 12.0. The topological polar surface area (TPSA) is 121 Å². The molecule has 0 spiro atoms. The van der Waals surface area contributed by atoms with Gasteiger partial charge < -0.3 is 14.4 Å². The van der Waals surface area contributed by atoms with E-state index in [1.165, 1.54) is 30.4 Å². The summed E-state index contributed by atoms with van der Waals surface area (Å²) >= 11 is 0. The van der Waals surface area contributed by atoms with Crippen LogP contribution in [-0.4, -0.2) is 29.0 Å². The van der Waals surface area contributed by atoms with Crippen LogP contribution < -0.4 is 4.18 Å². The Bertz CT molecular complexity index is 852. The molecular weight excluding hydrogens is 324 g/mol. The molecule has 2 rings (SSSR count). The van der Waals surface area contributed by atoms with E-state index in [1.807, 2.05) is 0 Å². The molecule has 0 aromatic heterocycles. The number of hydrogen-bond acceptors (Lipinski definition) is 6. The highest BCUT2D eigenvalue weighted by atomic mass is 32.3. The van der Waals surface area contributed by atoms with Gasteiger partial charge >= 0.3 is 10.4 Å². The Morgan fingerprint density at radius 3 is 2.26 bits per heavy atom. The number of allylic oxidation sites excluding steroid dienone is 1. The number of ketones is 1. The largest absolute Gasteiger partial charge is 0.508 e. The van der Waals surface area contributed by atoms with Crippen LogP contribution in [0.5, 0.6) is 17.2 Å². The van der Waals surface area contributed by atoms with E-state index in [-0.39, 0.29) is 17.1 Å². The van der Waals surface area contributed by atoms with Gasteiger partial charge in [-0.1, -0.05) is 18.2 Å². The summed E-state index contributed by atoms with van der Waals surface area (Å²) in [6.45, 7) is 0. The first-order valence-electron chi connectivity index (χ1n) is 6.26. The molecule has 0 atom stereocenters. The zero-order valence-electron chi connectivity index (χ0n) is 11.6. The molecule has 0 aliphatic carbocycles. The lowest BCUT2D eigenvalue weighted by Crippen LogP contribution is -2.06. The smallest absolute Gasteiger partial charge is 0.446 e. The first-order chi connectivity index (χ1) is 10.7. The molecule has 8 heteroatoms. The number of rotatable bonds is 5. The highest BCUT2D eigenvalue weighted by molar-refractivity contribution is 7.81. The molecule has 0 bridgehead atoms. The van der Waals surface area contributed by atoms with Crippen molar-refractivity contribution in [1.29, 1.82) is 0 Å². The summed E-state index contributed by atoms with van der Waals surface area (Å²) in [4.78, 5) is 12.0. The van der Waals surface area contributed by atoms with Crippen molar-refractivity contribution in [3.8, 4) is 17.2 Å². The predicted molar refractivity (Wildman–Crippen MR) is 81.8 cm³/mol. The zero-order valence-corrected chi connectivity index (χ0v) is 12.4. The van der Waals surface area contributed by atoms with Gasteiger partial charge in [0.25, 0.3) is 0 Å². The van der Waals surface area contributed by atoms with E-state index in [2.05, 4.69) is 4.18 Å². The van der Waals surface area contributed by atoms with Gasteiger partial charge in [0, 0.05) is 6.07 Å². The predicted octanol–water partition coefficient (Wildman–Crippen LogP) is 2.18. The van der Waals surface area contributed by atoms with Gasteiger partial charge in [0.2, 0.25) is 0 Å². The molecule has 120 valence electrons. The van der Waals surface area contributed by atoms with Gasteiger partial charge in [-0.05, 0) is 35.9 Å². The SMILES string of the molecule is O=C(/C=C/c1ccc(O)cc1)c1ccc(OS(=O)(=O)O)cc1O. The second kappa shape index (κ2) is 6.51. The molecular formula is C15H12O7S. The van der Waals surface area contributed by atoms with Crippen molar-refractivity contribution in [2.24, 2.45) is 0 Å². The van der Waals surface area contributed by atoms with Crippen LogP contribution in [0, 0.1) is 0 Å². The summed E-state index contributed by atoms with van der Waals surface area (Å²) in [5, 5.41) is 18.9. The van der Waals surface area contributed by atoms with Crippen LogP contribution in [0.2, 0.25) is 0 Å². The van der Waals surface area contributed by atoms with Gasteiger partial charge in [0.1, 0.15) is 17.2 Å². The molecule has 0 radical (unpaired) electrons. The van der Waals surface area contributed by atoms with Crippen LogP contribution in [0.25, 0.3) is 6.08 Å². The van der Waals surface area contributed by atoms with Crippen LogP contribution in [0.4, 0.5) is 0 Å². The minimum Gasteiger partial charge on any atom is -0.508 e. The van der Waals surface area contributed by atoms with Crippen molar-refractivity contribution >= 4 is 22.3 Å². The Morgan fingerprint density at radius 1 is 1.04 bits per heavy atom. The first kappa shape index (κ1) is 16.5. The van der Waals surface area contributed by atoms with Gasteiger partial charge in [-0.3, -0.25) is 9.35 Å². The summed E-state index contributed by atoms with van der Waals surface area (Å²) in [6.07, 6.45) is 2.70. The van der Waals surface area contributed by atoms with Gasteiger partial charge in [0.05, 0.1) is 5.56 Å². The lowest BCUT2D eigenvalue weighted by Gasteiger charge is -2.04. The van der Waals surface area contributed by atoms with Gasteiger partial charge in [-0.15, -0.1) is 0 Å². The van der Waals surface area contributed by atoms with Crippen molar-refractivity contribution in [3.63, 3.8) is 0 Å². The Kier molecular flexibility index (Phi) is 4.68. The molecule has 23 heavy (non-hydrogen) atoms. The van der Waals surface area contributed by atoms with Crippen LogP contribution in [-0.2, 0) is 10.4 Å². The fraction of sp³-hybridized carbons (Fsp3) is 0. The van der Waals surface area contributed by atoms with Crippen LogP contribution in [0.3, 0.4) is 0 Å². The number of aromatic hydroxyl groups is 2. The molecule has 0 amide bonds. The van der Waals surface area contributed by atoms with Crippen LogP contribution >= 0.6 is 0 Å². The molecule has 0 fully saturated rings. The average Bonchev–Trinajstić information content (AvgIpc) is 2.45. The quantitative estimate of drug-likeness (QED) is 0.434. The highest BCUT2D eigenvalue weighted by Gasteiger charge is 2.13. The second-order valence-electron chi connectivity index (χ2n) is 4.48. The fourth-order valence-electron chi connectivity index (χ4n) is 1.74. The second-order valence-corrected chi connectivity index (χ2v) is 5.50. The molecule has 7 nitrogen and oxygen atoms in total. The molecule has 0 saturated heterocycles. The summed E-state index contributed by atoms with van der Waals surface area (Å²) in [6, 6.07) is 9.31. The zero-order chi connectivity index (χ0) is 17.0. The molecule has 2 aromatic rings. The number of phenols is 2. The van der Waals surface area contributed by atoms with Crippen molar-refractivity contribution in [1.82, 2.24) is 0 Å². The minimum absolute atomic E-state index is 0.0669. The molecule has 0 aliphatic heterocycles.